The Morgan fingerprint density at radius 2 is 1.87 bits per heavy atom. The smallest absolute Gasteiger partial charge is 0.330 e. The van der Waals surface area contributed by atoms with E-state index in [1.165, 1.54) is 10.6 Å². The zero-order valence-electron chi connectivity index (χ0n) is 16.9. The normalized spacial score (nSPS) is 12.4. The highest BCUT2D eigenvalue weighted by atomic mass is 79.9. The van der Waals surface area contributed by atoms with Gasteiger partial charge in [0.2, 0.25) is 0 Å². The van der Waals surface area contributed by atoms with Crippen LogP contribution in [0.15, 0.2) is 70.3 Å². The Balaban J connectivity index is 2.01. The van der Waals surface area contributed by atoms with Crippen molar-refractivity contribution in [3.8, 4) is 11.1 Å². The van der Waals surface area contributed by atoms with E-state index in [0.717, 1.165) is 15.6 Å². The first-order valence-corrected chi connectivity index (χ1v) is 10.6. The molecule has 2 aromatic heterocycles. The molecular weight excluding hydrogens is 468 g/mol. The highest BCUT2D eigenvalue weighted by Gasteiger charge is 2.27. The van der Waals surface area contributed by atoms with Crippen LogP contribution in [0.4, 0.5) is 0 Å². The molecule has 0 N–H and O–H groups in total. The van der Waals surface area contributed by atoms with E-state index in [4.69, 9.17) is 16.3 Å². The fraction of sp³-hybridized carbons (Fsp3) is 0.261. The van der Waals surface area contributed by atoms with Gasteiger partial charge < -0.3 is 9.30 Å². The molecule has 156 valence electrons. The van der Waals surface area contributed by atoms with E-state index in [1.807, 2.05) is 18.2 Å². The van der Waals surface area contributed by atoms with Crippen molar-refractivity contribution in [2.24, 2.45) is 0 Å². The number of nitrogens with zero attached hydrogens (tertiary/aromatic N) is 2. The Morgan fingerprint density at radius 3 is 2.50 bits per heavy atom. The third-order valence-electron chi connectivity index (χ3n) is 4.38. The lowest BCUT2D eigenvalue weighted by Gasteiger charge is -2.25. The molecule has 0 saturated heterocycles. The van der Waals surface area contributed by atoms with Gasteiger partial charge in [-0.1, -0.05) is 27.5 Å². The molecule has 0 aliphatic heterocycles. The molecule has 0 radical (unpaired) electrons. The molecule has 5 nitrogen and oxygen atoms in total. The van der Waals surface area contributed by atoms with Crippen LogP contribution in [-0.2, 0) is 16.0 Å². The predicted octanol–water partition coefficient (Wildman–Crippen LogP) is 5.45. The van der Waals surface area contributed by atoms with Crippen LogP contribution < -0.4 is 5.56 Å². The van der Waals surface area contributed by atoms with Gasteiger partial charge in [0, 0.05) is 40.6 Å². The van der Waals surface area contributed by atoms with Gasteiger partial charge in [0.25, 0.3) is 5.56 Å². The summed E-state index contributed by atoms with van der Waals surface area (Å²) in [7, 11) is 0. The zero-order valence-corrected chi connectivity index (χ0v) is 19.3. The van der Waals surface area contributed by atoms with Crippen molar-refractivity contribution in [1.29, 1.82) is 0 Å². The Labute approximate surface area is 188 Å². The summed E-state index contributed by atoms with van der Waals surface area (Å²) in [6, 6.07) is 11.5. The molecule has 0 spiro atoms. The van der Waals surface area contributed by atoms with E-state index in [2.05, 4.69) is 20.9 Å². The van der Waals surface area contributed by atoms with Crippen molar-refractivity contribution in [2.45, 2.75) is 38.8 Å². The van der Waals surface area contributed by atoms with Crippen LogP contribution in [0.3, 0.4) is 0 Å². The second-order valence-corrected chi connectivity index (χ2v) is 9.18. The molecule has 0 bridgehead atoms. The number of pyridine rings is 2. The summed E-state index contributed by atoms with van der Waals surface area (Å²) in [5, 5.41) is 0.571. The highest BCUT2D eigenvalue weighted by Crippen LogP contribution is 2.30. The van der Waals surface area contributed by atoms with Gasteiger partial charge in [-0.25, -0.2) is 4.79 Å². The minimum absolute atomic E-state index is 0.302. The number of aromatic nitrogens is 2. The lowest BCUT2D eigenvalue weighted by atomic mass is 10.0. The van der Waals surface area contributed by atoms with Gasteiger partial charge in [-0.2, -0.15) is 0 Å². The maximum absolute atomic E-state index is 13.0. The molecule has 0 aliphatic rings. The summed E-state index contributed by atoms with van der Waals surface area (Å²) < 4.78 is 7.83. The number of rotatable bonds is 5. The molecule has 7 heteroatoms. The number of halogens is 2. The first-order chi connectivity index (χ1) is 14.1. The van der Waals surface area contributed by atoms with E-state index in [1.54, 1.807) is 57.6 Å². The van der Waals surface area contributed by atoms with Crippen LogP contribution in [0.2, 0.25) is 5.02 Å². The highest BCUT2D eigenvalue weighted by molar-refractivity contribution is 9.10. The first kappa shape index (κ1) is 22.2. The second kappa shape index (κ2) is 9.14. The third kappa shape index (κ3) is 5.58. The van der Waals surface area contributed by atoms with Crippen molar-refractivity contribution in [3.05, 3.63) is 86.5 Å². The number of hydrogen-bond acceptors (Lipinski definition) is 4. The number of hydrogen-bond donors (Lipinski definition) is 0. The van der Waals surface area contributed by atoms with Gasteiger partial charge in [0.1, 0.15) is 11.6 Å². The summed E-state index contributed by atoms with van der Waals surface area (Å²) in [5.41, 5.74) is 1.42. The monoisotopic (exact) mass is 488 g/mol. The van der Waals surface area contributed by atoms with Gasteiger partial charge in [0.15, 0.2) is 0 Å². The average molecular weight is 490 g/mol. The molecule has 0 aliphatic carbocycles. The van der Waals surface area contributed by atoms with Crippen LogP contribution in [0.5, 0.6) is 0 Å². The number of benzene rings is 1. The summed E-state index contributed by atoms with van der Waals surface area (Å²) in [6.07, 6.45) is 5.26. The topological polar surface area (TPSA) is 61.2 Å². The second-order valence-electron chi connectivity index (χ2n) is 7.89. The molecule has 30 heavy (non-hydrogen) atoms. The number of esters is 1. The number of carbonyl (C=O) groups is 1. The van der Waals surface area contributed by atoms with Crippen molar-refractivity contribution in [2.75, 3.05) is 0 Å². The molecule has 1 unspecified atom stereocenters. The lowest BCUT2D eigenvalue weighted by Crippen LogP contribution is -2.35. The summed E-state index contributed by atoms with van der Waals surface area (Å²) >= 11 is 9.60. The van der Waals surface area contributed by atoms with E-state index < -0.39 is 17.6 Å². The summed E-state index contributed by atoms with van der Waals surface area (Å²) in [5.74, 6) is -0.460. The van der Waals surface area contributed by atoms with E-state index in [9.17, 15) is 9.59 Å². The van der Waals surface area contributed by atoms with E-state index >= 15 is 0 Å². The fourth-order valence-electron chi connectivity index (χ4n) is 3.04. The van der Waals surface area contributed by atoms with Crippen molar-refractivity contribution >= 4 is 33.5 Å². The average Bonchev–Trinajstić information content (AvgIpc) is 2.68. The minimum Gasteiger partial charge on any atom is -0.458 e. The number of ether oxygens (including phenoxy) is 1. The van der Waals surface area contributed by atoms with Crippen LogP contribution in [-0.4, -0.2) is 21.1 Å². The molecule has 3 aromatic rings. The quantitative estimate of drug-likeness (QED) is 0.447. The van der Waals surface area contributed by atoms with E-state index in [0.29, 0.717) is 17.0 Å². The molecule has 1 aromatic carbocycles. The van der Waals surface area contributed by atoms with Crippen LogP contribution in [0.25, 0.3) is 11.1 Å². The predicted molar refractivity (Wildman–Crippen MR) is 122 cm³/mol. The zero-order chi connectivity index (χ0) is 21.9. The summed E-state index contributed by atoms with van der Waals surface area (Å²) in [4.78, 5) is 30.0. The van der Waals surface area contributed by atoms with Crippen LogP contribution in [0, 0.1) is 0 Å². The van der Waals surface area contributed by atoms with Crippen LogP contribution >= 0.6 is 27.5 Å². The number of carbonyl (C=O) groups excluding carboxylic acids is 1. The van der Waals surface area contributed by atoms with Gasteiger partial charge >= 0.3 is 5.97 Å². The van der Waals surface area contributed by atoms with Gasteiger partial charge in [-0.05, 0) is 73.9 Å². The molecule has 2 heterocycles. The molecule has 3 rings (SSSR count). The van der Waals surface area contributed by atoms with Crippen molar-refractivity contribution < 1.29 is 9.53 Å². The SMILES string of the molecule is CC(C)(C)OC(=O)C(Cc1ccncc1)n1ccc(-c2cc(Cl)ccc2Br)cc1=O. The lowest BCUT2D eigenvalue weighted by molar-refractivity contribution is -0.159. The molecule has 0 amide bonds. The van der Waals surface area contributed by atoms with Crippen molar-refractivity contribution in [3.63, 3.8) is 0 Å². The molecule has 0 saturated carbocycles. The minimum atomic E-state index is -0.795. The summed E-state index contributed by atoms with van der Waals surface area (Å²) in [6.45, 7) is 5.41. The third-order valence-corrected chi connectivity index (χ3v) is 5.31. The maximum atomic E-state index is 13.0. The Hall–Kier alpha value is -2.44. The van der Waals surface area contributed by atoms with Gasteiger partial charge in [-0.15, -0.1) is 0 Å². The fourth-order valence-corrected chi connectivity index (χ4v) is 3.69. The van der Waals surface area contributed by atoms with E-state index in [-0.39, 0.29) is 5.56 Å². The first-order valence-electron chi connectivity index (χ1n) is 9.43. The van der Waals surface area contributed by atoms with Gasteiger partial charge in [0.05, 0.1) is 0 Å². The standard InChI is InChI=1S/C23H22BrClN2O3/c1-23(2,3)30-22(29)20(12-15-6-9-26-10-7-15)27-11-8-16(13-21(27)28)18-14-17(25)4-5-19(18)24/h4-11,13-14,20H,12H2,1-3H3. The maximum Gasteiger partial charge on any atom is 0.330 e. The molecular formula is C23H22BrClN2O3. The van der Waals surface area contributed by atoms with Gasteiger partial charge in [-0.3, -0.25) is 9.78 Å². The Bertz CT molecular complexity index is 1110. The van der Waals surface area contributed by atoms with Crippen LogP contribution in [0.1, 0.15) is 32.4 Å². The molecule has 1 atom stereocenters. The Morgan fingerprint density at radius 1 is 1.17 bits per heavy atom. The largest absolute Gasteiger partial charge is 0.458 e. The molecule has 0 fully saturated rings. The van der Waals surface area contributed by atoms with Crippen molar-refractivity contribution in [1.82, 2.24) is 9.55 Å². The Kier molecular flexibility index (Phi) is 6.78.